The first-order valence-electron chi connectivity index (χ1n) is 11.9. The van der Waals surface area contributed by atoms with E-state index >= 15 is 0 Å². The van der Waals surface area contributed by atoms with Gasteiger partial charge in [-0.3, -0.25) is 14.8 Å². The highest BCUT2D eigenvalue weighted by atomic mass is 19.1. The van der Waals surface area contributed by atoms with Crippen LogP contribution in [0.2, 0.25) is 0 Å². The Hall–Kier alpha value is -4.28. The first-order valence-corrected chi connectivity index (χ1v) is 11.9. The number of rotatable bonds is 7. The number of H-pyrrole nitrogens is 1. The van der Waals surface area contributed by atoms with E-state index < -0.39 is 6.17 Å². The van der Waals surface area contributed by atoms with Crippen molar-refractivity contribution in [2.24, 2.45) is 15.9 Å². The fourth-order valence-corrected chi connectivity index (χ4v) is 4.36. The van der Waals surface area contributed by atoms with Gasteiger partial charge in [0.1, 0.15) is 6.17 Å². The predicted octanol–water partition coefficient (Wildman–Crippen LogP) is 6.48. The van der Waals surface area contributed by atoms with Crippen LogP contribution in [0.3, 0.4) is 0 Å². The summed E-state index contributed by atoms with van der Waals surface area (Å²) in [6, 6.07) is 15.2. The molecule has 2 N–H and O–H groups in total. The van der Waals surface area contributed by atoms with E-state index in [1.807, 2.05) is 62.5 Å². The molecule has 0 spiro atoms. The molecule has 0 unspecified atom stereocenters. The molecule has 0 amide bonds. The normalized spacial score (nSPS) is 18.9. The third-order valence-electron chi connectivity index (χ3n) is 6.68. The first-order chi connectivity index (χ1) is 17.3. The standard InChI is InChI=1S/C30H27FN4O/c1-5-26(23-14-29(32-16-23)22-8-10-27-21(12-22)9-11-30(36)35-27)34-28-13-20(7-6-17(28)2)18(3)33-19(4)24-15-25(24)31/h6-13,16,24-25,34H,1,3,14-15H2,2,4H3,(H,35,36)/t24-,25+/m1/s1. The van der Waals surface area contributed by atoms with Crippen molar-refractivity contribution in [3.63, 3.8) is 0 Å². The third-order valence-corrected chi connectivity index (χ3v) is 6.68. The second-order valence-electron chi connectivity index (χ2n) is 9.30. The van der Waals surface area contributed by atoms with Crippen LogP contribution < -0.4 is 10.9 Å². The highest BCUT2D eigenvalue weighted by Crippen LogP contribution is 2.36. The van der Waals surface area contributed by atoms with Gasteiger partial charge in [-0.15, -0.1) is 5.73 Å². The zero-order valence-corrected chi connectivity index (χ0v) is 20.4. The van der Waals surface area contributed by atoms with E-state index in [1.165, 1.54) is 6.07 Å². The number of anilines is 1. The SMILES string of the molecule is C=C=C(Nc1cc(C(=C)N=C(C)[C@H]2C[C@@H]2F)ccc1C)C1=CN=C(c2ccc3[nH]c(=O)ccc3c2)C1. The van der Waals surface area contributed by atoms with E-state index in [1.54, 1.807) is 0 Å². The topological polar surface area (TPSA) is 69.6 Å². The van der Waals surface area contributed by atoms with Gasteiger partial charge in [0.2, 0.25) is 5.56 Å². The highest BCUT2D eigenvalue weighted by Gasteiger charge is 2.39. The second-order valence-corrected chi connectivity index (χ2v) is 9.30. The number of aliphatic imine (C=N–C) groups is 2. The van der Waals surface area contributed by atoms with Crippen molar-refractivity contribution in [1.82, 2.24) is 4.98 Å². The molecule has 1 fully saturated rings. The maximum absolute atomic E-state index is 13.4. The number of halogens is 1. The minimum absolute atomic E-state index is 0.0755. The van der Waals surface area contributed by atoms with Gasteiger partial charge in [0.05, 0.1) is 17.1 Å². The van der Waals surface area contributed by atoms with Gasteiger partial charge in [-0.25, -0.2) is 4.39 Å². The van der Waals surface area contributed by atoms with Gasteiger partial charge >= 0.3 is 0 Å². The van der Waals surface area contributed by atoms with Crippen LogP contribution in [0, 0.1) is 12.8 Å². The molecular weight excluding hydrogens is 451 g/mol. The third kappa shape index (κ3) is 4.77. The molecule has 1 aliphatic heterocycles. The molecule has 5 nitrogen and oxygen atoms in total. The van der Waals surface area contributed by atoms with Gasteiger partial charge in [-0.2, -0.15) is 0 Å². The molecule has 2 aliphatic rings. The van der Waals surface area contributed by atoms with Gasteiger partial charge < -0.3 is 10.3 Å². The number of nitrogens with one attached hydrogen (secondary N) is 2. The molecule has 2 heterocycles. The maximum atomic E-state index is 13.4. The number of aromatic amines is 1. The average molecular weight is 479 g/mol. The number of alkyl halides is 1. The number of hydrogen-bond donors (Lipinski definition) is 2. The Morgan fingerprint density at radius 2 is 2.03 bits per heavy atom. The lowest BCUT2D eigenvalue weighted by molar-refractivity contribution is 0.467. The Kier molecular flexibility index (Phi) is 6.13. The van der Waals surface area contributed by atoms with Gasteiger partial charge in [0, 0.05) is 52.7 Å². The Bertz CT molecular complexity index is 1600. The summed E-state index contributed by atoms with van der Waals surface area (Å²) in [6.07, 6.45) is 2.24. The quantitative estimate of drug-likeness (QED) is 0.301. The van der Waals surface area contributed by atoms with Crippen molar-refractivity contribution in [2.45, 2.75) is 32.9 Å². The summed E-state index contributed by atoms with van der Waals surface area (Å²) in [5.41, 5.74) is 11.6. The number of allylic oxidation sites excluding steroid dienone is 1. The molecular formula is C30H27FN4O. The molecule has 1 aromatic heterocycles. The van der Waals surface area contributed by atoms with Gasteiger partial charge in [0.15, 0.2) is 0 Å². The smallest absolute Gasteiger partial charge is 0.248 e. The molecule has 2 aromatic carbocycles. The zero-order chi connectivity index (χ0) is 25.4. The van der Waals surface area contributed by atoms with Crippen molar-refractivity contribution >= 4 is 33.7 Å². The van der Waals surface area contributed by atoms with Gasteiger partial charge in [-0.1, -0.05) is 31.4 Å². The van der Waals surface area contributed by atoms with Crippen LogP contribution in [-0.2, 0) is 0 Å². The lowest BCUT2D eigenvalue weighted by atomic mass is 10.0. The molecule has 3 aromatic rings. The number of fused-ring (bicyclic) bond motifs is 1. The fraction of sp³-hybridized carbons (Fsp3) is 0.200. The number of aryl methyl sites for hydroxylation is 1. The Labute approximate surface area is 209 Å². The van der Waals surface area contributed by atoms with Crippen molar-refractivity contribution in [3.8, 4) is 0 Å². The molecule has 5 rings (SSSR count). The van der Waals surface area contributed by atoms with Crippen molar-refractivity contribution in [3.05, 3.63) is 112 Å². The average Bonchev–Trinajstić information content (AvgIpc) is 3.40. The Morgan fingerprint density at radius 3 is 2.78 bits per heavy atom. The minimum Gasteiger partial charge on any atom is -0.349 e. The largest absolute Gasteiger partial charge is 0.349 e. The van der Waals surface area contributed by atoms with Crippen molar-refractivity contribution in [1.29, 1.82) is 0 Å². The first kappa shape index (κ1) is 23.5. The van der Waals surface area contributed by atoms with Crippen LogP contribution in [0.25, 0.3) is 16.6 Å². The van der Waals surface area contributed by atoms with Crippen LogP contribution in [-0.4, -0.2) is 22.6 Å². The number of pyridine rings is 1. The van der Waals surface area contributed by atoms with Crippen LogP contribution >= 0.6 is 0 Å². The Morgan fingerprint density at radius 1 is 1.22 bits per heavy atom. The molecule has 2 atom stereocenters. The zero-order valence-electron chi connectivity index (χ0n) is 20.4. The van der Waals surface area contributed by atoms with E-state index in [0.29, 0.717) is 18.5 Å². The van der Waals surface area contributed by atoms with Gasteiger partial charge in [-0.05, 0) is 61.0 Å². The molecule has 1 aliphatic carbocycles. The number of benzene rings is 2. The summed E-state index contributed by atoms with van der Waals surface area (Å²) in [7, 11) is 0. The molecule has 0 bridgehead atoms. The summed E-state index contributed by atoms with van der Waals surface area (Å²) in [5, 5.41) is 4.40. The lowest BCUT2D eigenvalue weighted by Gasteiger charge is -2.14. The van der Waals surface area contributed by atoms with Crippen molar-refractivity contribution < 1.29 is 4.39 Å². The molecule has 180 valence electrons. The predicted molar refractivity (Wildman–Crippen MR) is 146 cm³/mol. The van der Waals surface area contributed by atoms with Crippen LogP contribution in [0.5, 0.6) is 0 Å². The van der Waals surface area contributed by atoms with Crippen LogP contribution in [0.15, 0.2) is 99.7 Å². The summed E-state index contributed by atoms with van der Waals surface area (Å²) in [4.78, 5) is 23.6. The number of nitrogens with zero attached hydrogens (tertiary/aromatic N) is 2. The summed E-state index contributed by atoms with van der Waals surface area (Å²) in [5.74, 6) is -0.0755. The summed E-state index contributed by atoms with van der Waals surface area (Å²) >= 11 is 0. The van der Waals surface area contributed by atoms with Crippen LogP contribution in [0.1, 0.15) is 36.5 Å². The van der Waals surface area contributed by atoms with E-state index in [0.717, 1.165) is 56.0 Å². The monoisotopic (exact) mass is 478 g/mol. The lowest BCUT2D eigenvalue weighted by Crippen LogP contribution is -2.06. The Balaban J connectivity index is 1.31. The maximum Gasteiger partial charge on any atom is 0.248 e. The number of aromatic nitrogens is 1. The van der Waals surface area contributed by atoms with Crippen LogP contribution in [0.4, 0.5) is 10.1 Å². The molecule has 1 saturated carbocycles. The van der Waals surface area contributed by atoms with E-state index in [9.17, 15) is 9.18 Å². The van der Waals surface area contributed by atoms with Crippen molar-refractivity contribution in [2.75, 3.05) is 5.32 Å². The van der Waals surface area contributed by atoms with Gasteiger partial charge in [0.25, 0.3) is 0 Å². The molecule has 36 heavy (non-hydrogen) atoms. The van der Waals surface area contributed by atoms with E-state index in [4.69, 9.17) is 0 Å². The highest BCUT2D eigenvalue weighted by molar-refractivity contribution is 6.06. The van der Waals surface area contributed by atoms with E-state index in [2.05, 4.69) is 39.2 Å². The fourth-order valence-electron chi connectivity index (χ4n) is 4.36. The summed E-state index contributed by atoms with van der Waals surface area (Å²) in [6.45, 7) is 11.9. The summed E-state index contributed by atoms with van der Waals surface area (Å²) < 4.78 is 13.4. The molecule has 6 heteroatoms. The molecule has 0 saturated heterocycles. The second kappa shape index (κ2) is 9.40. The molecule has 0 radical (unpaired) electrons. The van der Waals surface area contributed by atoms with E-state index in [-0.39, 0.29) is 11.5 Å². The number of hydrogen-bond acceptors (Lipinski definition) is 4. The minimum atomic E-state index is -0.775.